The second kappa shape index (κ2) is 5.63. The lowest BCUT2D eigenvalue weighted by Gasteiger charge is -2.07. The number of rotatable bonds is 5. The number of tetrazole rings is 1. The lowest BCUT2D eigenvalue weighted by Crippen LogP contribution is -2.23. The van der Waals surface area contributed by atoms with Gasteiger partial charge >= 0.3 is 0 Å². The van der Waals surface area contributed by atoms with Gasteiger partial charge < -0.3 is 5.73 Å². The first-order valence-corrected chi connectivity index (χ1v) is 6.31. The van der Waals surface area contributed by atoms with Crippen molar-refractivity contribution in [3.05, 3.63) is 35.9 Å². The number of aromatic nitrogens is 4. The van der Waals surface area contributed by atoms with Crippen molar-refractivity contribution in [1.82, 2.24) is 20.2 Å². The number of carbonyl (C=O) groups is 1. The Morgan fingerprint density at radius 1 is 1.44 bits per heavy atom. The molecular weight excluding hydrogens is 250 g/mol. The monoisotopic (exact) mass is 263 g/mol. The number of benzene rings is 1. The molecule has 0 aliphatic rings. The van der Waals surface area contributed by atoms with Gasteiger partial charge in [-0.2, -0.15) is 0 Å². The maximum Gasteiger partial charge on any atom is 0.230 e. The highest BCUT2D eigenvalue weighted by Crippen LogP contribution is 2.20. The molecule has 0 aliphatic carbocycles. The predicted octanol–water partition coefficient (Wildman–Crippen LogP) is 0.687. The summed E-state index contributed by atoms with van der Waals surface area (Å²) in [6, 6.07) is 9.85. The molecule has 1 aromatic heterocycles. The van der Waals surface area contributed by atoms with Gasteiger partial charge in [-0.3, -0.25) is 4.79 Å². The van der Waals surface area contributed by atoms with E-state index in [9.17, 15) is 4.79 Å². The number of hydrogen-bond donors (Lipinski definition) is 1. The van der Waals surface area contributed by atoms with Gasteiger partial charge in [-0.05, 0) is 22.9 Å². The summed E-state index contributed by atoms with van der Waals surface area (Å²) >= 11 is 1.26. The first-order chi connectivity index (χ1) is 8.66. The normalized spacial score (nSPS) is 12.3. The summed E-state index contributed by atoms with van der Waals surface area (Å²) in [6.07, 6.45) is 0. The quantitative estimate of drug-likeness (QED) is 0.802. The van der Waals surface area contributed by atoms with Crippen LogP contribution in [0.5, 0.6) is 0 Å². The summed E-state index contributed by atoms with van der Waals surface area (Å²) in [6.45, 7) is 2.30. The van der Waals surface area contributed by atoms with Crippen LogP contribution in [-0.4, -0.2) is 31.4 Å². The van der Waals surface area contributed by atoms with Crippen LogP contribution in [0, 0.1) is 0 Å². The van der Waals surface area contributed by atoms with E-state index in [0.29, 0.717) is 11.7 Å². The van der Waals surface area contributed by atoms with Crippen LogP contribution in [0.2, 0.25) is 0 Å². The van der Waals surface area contributed by atoms with E-state index in [1.54, 1.807) is 11.6 Å². The van der Waals surface area contributed by atoms with Crippen LogP contribution in [0.15, 0.2) is 35.5 Å². The van der Waals surface area contributed by atoms with Crippen LogP contribution < -0.4 is 5.73 Å². The summed E-state index contributed by atoms with van der Waals surface area (Å²) < 4.78 is 1.65. The van der Waals surface area contributed by atoms with Crippen LogP contribution in [0.1, 0.15) is 12.5 Å². The van der Waals surface area contributed by atoms with E-state index in [4.69, 9.17) is 5.73 Å². The predicted molar refractivity (Wildman–Crippen MR) is 67.9 cm³/mol. The lowest BCUT2D eigenvalue weighted by molar-refractivity contribution is -0.117. The molecule has 1 atom stereocenters. The molecule has 0 saturated heterocycles. The number of hydrogen-bond acceptors (Lipinski definition) is 5. The van der Waals surface area contributed by atoms with Crippen LogP contribution in [0.4, 0.5) is 0 Å². The molecule has 0 spiro atoms. The third-order valence-electron chi connectivity index (χ3n) is 2.36. The Balaban J connectivity index is 2.11. The van der Waals surface area contributed by atoms with Gasteiger partial charge in [0.2, 0.25) is 11.1 Å². The van der Waals surface area contributed by atoms with Gasteiger partial charge in [0, 0.05) is 0 Å². The lowest BCUT2D eigenvalue weighted by atomic mass is 10.2. The van der Waals surface area contributed by atoms with Crippen molar-refractivity contribution in [2.75, 3.05) is 0 Å². The van der Waals surface area contributed by atoms with Crippen molar-refractivity contribution in [3.8, 4) is 0 Å². The summed E-state index contributed by atoms with van der Waals surface area (Å²) in [5.74, 6) is -0.380. The molecule has 18 heavy (non-hydrogen) atoms. The molecule has 2 rings (SSSR count). The number of nitrogens with two attached hydrogens (primary N) is 1. The van der Waals surface area contributed by atoms with E-state index in [-0.39, 0.29) is 11.2 Å². The minimum absolute atomic E-state index is 0.356. The molecule has 0 unspecified atom stereocenters. The van der Waals surface area contributed by atoms with Crippen LogP contribution >= 0.6 is 11.8 Å². The fourth-order valence-corrected chi connectivity index (χ4v) is 2.09. The second-order valence-electron chi connectivity index (χ2n) is 3.77. The minimum atomic E-state index is -0.380. The van der Waals surface area contributed by atoms with Gasteiger partial charge in [0.05, 0.1) is 11.8 Å². The molecule has 0 saturated carbocycles. The standard InChI is InChI=1S/C11H13N5OS/c1-8(10(12)17)18-11-13-14-15-16(11)7-9-5-3-2-4-6-9/h2-6,8H,7H2,1H3,(H2,12,17)/t8-/m0/s1. The Morgan fingerprint density at radius 3 is 2.83 bits per heavy atom. The highest BCUT2D eigenvalue weighted by atomic mass is 32.2. The molecule has 1 heterocycles. The van der Waals surface area contributed by atoms with Crippen molar-refractivity contribution in [2.24, 2.45) is 5.73 Å². The van der Waals surface area contributed by atoms with Gasteiger partial charge in [0.1, 0.15) is 0 Å². The topological polar surface area (TPSA) is 86.7 Å². The van der Waals surface area contributed by atoms with Crippen LogP contribution in [0.3, 0.4) is 0 Å². The molecule has 0 radical (unpaired) electrons. The molecule has 0 bridgehead atoms. The maximum atomic E-state index is 11.0. The van der Waals surface area contributed by atoms with Gasteiger partial charge in [-0.15, -0.1) is 5.10 Å². The van der Waals surface area contributed by atoms with Gasteiger partial charge in [0.25, 0.3) is 0 Å². The first-order valence-electron chi connectivity index (χ1n) is 5.43. The molecule has 0 aliphatic heterocycles. The number of thioether (sulfide) groups is 1. The van der Waals surface area contributed by atoms with Crippen LogP contribution in [-0.2, 0) is 11.3 Å². The Morgan fingerprint density at radius 2 is 2.17 bits per heavy atom. The van der Waals surface area contributed by atoms with Gasteiger partial charge in [-0.25, -0.2) is 4.68 Å². The number of nitrogens with zero attached hydrogens (tertiary/aromatic N) is 4. The molecular formula is C11H13N5OS. The van der Waals surface area contributed by atoms with Crippen molar-refractivity contribution < 1.29 is 4.79 Å². The van der Waals surface area contributed by atoms with Crippen molar-refractivity contribution >= 4 is 17.7 Å². The molecule has 2 aromatic rings. The highest BCUT2D eigenvalue weighted by Gasteiger charge is 2.15. The van der Waals surface area contributed by atoms with E-state index in [2.05, 4.69) is 15.5 Å². The molecule has 6 nitrogen and oxygen atoms in total. The van der Waals surface area contributed by atoms with Crippen molar-refractivity contribution in [1.29, 1.82) is 0 Å². The molecule has 0 fully saturated rings. The van der Waals surface area contributed by atoms with Crippen molar-refractivity contribution in [2.45, 2.75) is 23.9 Å². The van der Waals surface area contributed by atoms with E-state index < -0.39 is 0 Å². The first kappa shape index (κ1) is 12.6. The Bertz CT molecular complexity index is 527. The zero-order valence-corrected chi connectivity index (χ0v) is 10.7. The second-order valence-corrected chi connectivity index (χ2v) is 5.08. The smallest absolute Gasteiger partial charge is 0.230 e. The van der Waals surface area contributed by atoms with Gasteiger partial charge in [0.15, 0.2) is 0 Å². The Labute approximate surface area is 109 Å². The third kappa shape index (κ3) is 3.07. The zero-order valence-electron chi connectivity index (χ0n) is 9.85. The molecule has 7 heteroatoms. The summed E-state index contributed by atoms with van der Waals surface area (Å²) in [5, 5.41) is 11.7. The summed E-state index contributed by atoms with van der Waals surface area (Å²) in [5.41, 5.74) is 6.31. The maximum absolute atomic E-state index is 11.0. The van der Waals surface area contributed by atoms with Crippen LogP contribution in [0.25, 0.3) is 0 Å². The van der Waals surface area contributed by atoms with E-state index in [1.165, 1.54) is 11.8 Å². The van der Waals surface area contributed by atoms with E-state index in [1.807, 2.05) is 30.3 Å². The highest BCUT2D eigenvalue weighted by molar-refractivity contribution is 8.00. The summed E-state index contributed by atoms with van der Waals surface area (Å²) in [7, 11) is 0. The number of amides is 1. The number of carbonyl (C=O) groups excluding carboxylic acids is 1. The molecule has 1 amide bonds. The van der Waals surface area contributed by atoms with E-state index >= 15 is 0 Å². The molecule has 94 valence electrons. The third-order valence-corrected chi connectivity index (χ3v) is 3.45. The average molecular weight is 263 g/mol. The summed E-state index contributed by atoms with van der Waals surface area (Å²) in [4.78, 5) is 11.0. The fraction of sp³-hybridized carbons (Fsp3) is 0.273. The fourth-order valence-electron chi connectivity index (χ4n) is 1.35. The molecule has 1 aromatic carbocycles. The van der Waals surface area contributed by atoms with E-state index in [0.717, 1.165) is 5.56 Å². The zero-order chi connectivity index (χ0) is 13.0. The molecule has 2 N–H and O–H groups in total. The van der Waals surface area contributed by atoms with Crippen molar-refractivity contribution in [3.63, 3.8) is 0 Å². The number of primary amides is 1. The average Bonchev–Trinajstić information content (AvgIpc) is 2.78. The Kier molecular flexibility index (Phi) is 3.93. The largest absolute Gasteiger partial charge is 0.369 e. The minimum Gasteiger partial charge on any atom is -0.369 e. The SMILES string of the molecule is C[C@H](Sc1nnnn1Cc1ccccc1)C(N)=O. The van der Waals surface area contributed by atoms with Gasteiger partial charge in [-0.1, -0.05) is 42.1 Å². The Hall–Kier alpha value is -1.89.